The molecule has 1 atom stereocenters. The Morgan fingerprint density at radius 1 is 1.18 bits per heavy atom. The van der Waals surface area contributed by atoms with Crippen molar-refractivity contribution in [3.05, 3.63) is 71.7 Å². The molecule has 1 aromatic carbocycles. The van der Waals surface area contributed by atoms with Gasteiger partial charge >= 0.3 is 0 Å². The van der Waals surface area contributed by atoms with Crippen LogP contribution in [0.3, 0.4) is 0 Å². The smallest absolute Gasteiger partial charge is 0.219 e. The summed E-state index contributed by atoms with van der Waals surface area (Å²) in [6.45, 7) is 3.39. The number of nitrogens with zero attached hydrogens (tertiary/aromatic N) is 3. The van der Waals surface area contributed by atoms with E-state index in [2.05, 4.69) is 20.3 Å². The Morgan fingerprint density at radius 3 is 2.61 bits per heavy atom. The largest absolute Gasteiger partial charge is 0.437 e. The molecule has 1 N–H and O–H groups in total. The van der Waals surface area contributed by atoms with Crippen LogP contribution in [0.2, 0.25) is 5.02 Å². The van der Waals surface area contributed by atoms with E-state index in [-0.39, 0.29) is 11.9 Å². The van der Waals surface area contributed by atoms with Crippen LogP contribution >= 0.6 is 11.6 Å². The Labute approximate surface area is 168 Å². The molecule has 3 rings (SSSR count). The van der Waals surface area contributed by atoms with E-state index in [0.717, 1.165) is 11.1 Å². The minimum Gasteiger partial charge on any atom is -0.437 e. The van der Waals surface area contributed by atoms with Crippen LogP contribution in [-0.4, -0.2) is 26.9 Å². The number of aromatic nitrogens is 3. The Bertz CT molecular complexity index is 975. The molecule has 0 aliphatic heterocycles. The van der Waals surface area contributed by atoms with Gasteiger partial charge in [-0.15, -0.1) is 0 Å². The maximum absolute atomic E-state index is 11.0. The van der Waals surface area contributed by atoms with Crippen molar-refractivity contribution in [3.63, 3.8) is 0 Å². The molecule has 142 valence electrons. The SMILES string of the molecule is CC(=O)N[C@@H](C)/C=C/c1ccc(Oc2ccc(-c3ncccn3)cc2Cl)nc1. The van der Waals surface area contributed by atoms with Crippen LogP contribution in [0, 0.1) is 0 Å². The first-order valence-electron chi connectivity index (χ1n) is 8.67. The molecule has 3 aromatic rings. The predicted octanol–water partition coefficient (Wildman–Crippen LogP) is 4.52. The molecule has 2 aromatic heterocycles. The number of amides is 1. The Kier molecular flexibility index (Phi) is 6.34. The molecule has 0 aliphatic carbocycles. The van der Waals surface area contributed by atoms with Crippen LogP contribution < -0.4 is 10.1 Å². The lowest BCUT2D eigenvalue weighted by Crippen LogP contribution is -2.28. The van der Waals surface area contributed by atoms with Gasteiger partial charge in [-0.1, -0.05) is 23.8 Å². The number of halogens is 1. The molecule has 2 heterocycles. The molecule has 0 saturated carbocycles. The summed E-state index contributed by atoms with van der Waals surface area (Å²) in [6, 6.07) is 10.7. The normalized spacial score (nSPS) is 12.0. The second-order valence-corrected chi connectivity index (χ2v) is 6.50. The van der Waals surface area contributed by atoms with Crippen molar-refractivity contribution in [1.82, 2.24) is 20.3 Å². The number of nitrogens with one attached hydrogen (secondary N) is 1. The van der Waals surface area contributed by atoms with E-state index in [9.17, 15) is 4.79 Å². The van der Waals surface area contributed by atoms with Gasteiger partial charge in [0.15, 0.2) is 5.82 Å². The molecule has 1 amide bonds. The lowest BCUT2D eigenvalue weighted by atomic mass is 10.2. The molecule has 0 saturated heterocycles. The topological polar surface area (TPSA) is 77.0 Å². The standard InChI is InChI=1S/C21H19ClN4O2/c1-14(26-15(2)27)4-5-16-6-9-20(25-13-16)28-19-8-7-17(12-18(19)22)21-23-10-3-11-24-21/h3-14H,1-2H3,(H,26,27)/b5-4+/t14-/m0/s1. The van der Waals surface area contributed by atoms with Crippen LogP contribution in [0.15, 0.2) is 61.1 Å². The Morgan fingerprint density at radius 2 is 1.96 bits per heavy atom. The van der Waals surface area contributed by atoms with Crippen molar-refractivity contribution >= 4 is 23.6 Å². The summed E-state index contributed by atoms with van der Waals surface area (Å²) in [4.78, 5) is 23.7. The van der Waals surface area contributed by atoms with Gasteiger partial charge in [0.25, 0.3) is 0 Å². The molecule has 6 nitrogen and oxygen atoms in total. The number of benzene rings is 1. The van der Waals surface area contributed by atoms with Crippen molar-refractivity contribution < 1.29 is 9.53 Å². The van der Waals surface area contributed by atoms with Crippen LogP contribution in [0.5, 0.6) is 11.6 Å². The summed E-state index contributed by atoms with van der Waals surface area (Å²) in [7, 11) is 0. The average molecular weight is 395 g/mol. The maximum Gasteiger partial charge on any atom is 0.219 e. The number of hydrogen-bond acceptors (Lipinski definition) is 5. The molecule has 0 spiro atoms. The molecular formula is C21H19ClN4O2. The van der Waals surface area contributed by atoms with E-state index in [0.29, 0.717) is 22.5 Å². The quantitative estimate of drug-likeness (QED) is 0.665. The van der Waals surface area contributed by atoms with Gasteiger partial charge in [-0.2, -0.15) is 0 Å². The number of carbonyl (C=O) groups excluding carboxylic acids is 1. The summed E-state index contributed by atoms with van der Waals surface area (Å²) in [5, 5.41) is 3.23. The van der Waals surface area contributed by atoms with Crippen LogP contribution in [0.4, 0.5) is 0 Å². The second kappa shape index (κ2) is 9.10. The predicted molar refractivity (Wildman–Crippen MR) is 109 cm³/mol. The minimum absolute atomic E-state index is 0.0562. The van der Waals surface area contributed by atoms with Crippen molar-refractivity contribution in [2.45, 2.75) is 19.9 Å². The first-order chi connectivity index (χ1) is 13.5. The number of pyridine rings is 1. The van der Waals surface area contributed by atoms with Gasteiger partial charge in [-0.3, -0.25) is 4.79 Å². The molecule has 0 radical (unpaired) electrons. The van der Waals surface area contributed by atoms with Crippen molar-refractivity contribution in [3.8, 4) is 23.0 Å². The van der Waals surface area contributed by atoms with Crippen LogP contribution in [0.25, 0.3) is 17.5 Å². The van der Waals surface area contributed by atoms with Gasteiger partial charge in [0, 0.05) is 43.2 Å². The van der Waals surface area contributed by atoms with E-state index in [1.54, 1.807) is 42.9 Å². The number of rotatable bonds is 6. The van der Waals surface area contributed by atoms with E-state index in [1.165, 1.54) is 6.92 Å². The van der Waals surface area contributed by atoms with Gasteiger partial charge in [0.1, 0.15) is 5.75 Å². The number of hydrogen-bond donors (Lipinski definition) is 1. The summed E-state index contributed by atoms with van der Waals surface area (Å²) in [5.41, 5.74) is 1.70. The van der Waals surface area contributed by atoms with Gasteiger partial charge in [0.05, 0.1) is 5.02 Å². The van der Waals surface area contributed by atoms with Crippen LogP contribution in [-0.2, 0) is 4.79 Å². The van der Waals surface area contributed by atoms with Gasteiger partial charge < -0.3 is 10.1 Å². The third-order valence-electron chi connectivity index (χ3n) is 3.74. The molecule has 7 heteroatoms. The van der Waals surface area contributed by atoms with E-state index in [4.69, 9.17) is 16.3 Å². The average Bonchev–Trinajstić information content (AvgIpc) is 2.69. The minimum atomic E-state index is -0.0688. The summed E-state index contributed by atoms with van der Waals surface area (Å²) in [5.74, 6) is 1.45. The van der Waals surface area contributed by atoms with E-state index in [1.807, 2.05) is 31.2 Å². The maximum atomic E-state index is 11.0. The lowest BCUT2D eigenvalue weighted by Gasteiger charge is -2.09. The third-order valence-corrected chi connectivity index (χ3v) is 4.03. The zero-order chi connectivity index (χ0) is 19.9. The highest BCUT2D eigenvalue weighted by Crippen LogP contribution is 2.31. The van der Waals surface area contributed by atoms with Gasteiger partial charge in [0.2, 0.25) is 11.8 Å². The highest BCUT2D eigenvalue weighted by Gasteiger charge is 2.08. The lowest BCUT2D eigenvalue weighted by molar-refractivity contribution is -0.119. The highest BCUT2D eigenvalue weighted by molar-refractivity contribution is 6.32. The fraction of sp³-hybridized carbons (Fsp3) is 0.143. The van der Waals surface area contributed by atoms with E-state index >= 15 is 0 Å². The zero-order valence-corrected chi connectivity index (χ0v) is 16.2. The zero-order valence-electron chi connectivity index (χ0n) is 15.5. The van der Waals surface area contributed by atoms with E-state index < -0.39 is 0 Å². The van der Waals surface area contributed by atoms with Gasteiger partial charge in [-0.05, 0) is 42.8 Å². The monoisotopic (exact) mass is 394 g/mol. The summed E-state index contributed by atoms with van der Waals surface area (Å²) < 4.78 is 5.77. The fourth-order valence-electron chi connectivity index (χ4n) is 2.46. The van der Waals surface area contributed by atoms with Crippen LogP contribution in [0.1, 0.15) is 19.4 Å². The van der Waals surface area contributed by atoms with Gasteiger partial charge in [-0.25, -0.2) is 15.0 Å². The van der Waals surface area contributed by atoms with Crippen molar-refractivity contribution in [1.29, 1.82) is 0 Å². The molecule has 0 fully saturated rings. The third kappa shape index (κ3) is 5.37. The van der Waals surface area contributed by atoms with Crippen molar-refractivity contribution in [2.24, 2.45) is 0 Å². The highest BCUT2D eigenvalue weighted by atomic mass is 35.5. The Hall–Kier alpha value is -3.25. The first-order valence-corrected chi connectivity index (χ1v) is 9.05. The number of carbonyl (C=O) groups is 1. The second-order valence-electron chi connectivity index (χ2n) is 6.10. The molecule has 28 heavy (non-hydrogen) atoms. The Balaban J connectivity index is 1.67. The van der Waals surface area contributed by atoms with Crippen molar-refractivity contribution in [2.75, 3.05) is 0 Å². The molecular weight excluding hydrogens is 376 g/mol. The molecule has 0 bridgehead atoms. The summed E-state index contributed by atoms with van der Waals surface area (Å²) in [6.07, 6.45) is 8.82. The fourth-order valence-corrected chi connectivity index (χ4v) is 2.68. The molecule has 0 aliphatic rings. The number of ether oxygens (including phenoxy) is 1. The molecule has 0 unspecified atom stereocenters. The summed E-state index contributed by atoms with van der Waals surface area (Å²) >= 11 is 6.33. The first kappa shape index (κ1) is 19.5.